The van der Waals surface area contributed by atoms with Crippen LogP contribution in [0, 0.1) is 0 Å². The highest BCUT2D eigenvalue weighted by molar-refractivity contribution is 9.10. The Bertz CT molecular complexity index is 916. The SMILES string of the molecule is CCCn1c(=NC(=O)COc2ccccc2)sc2cc(Br)ccc21. The number of fused-ring (bicyclic) bond motifs is 1. The van der Waals surface area contributed by atoms with Crippen LogP contribution in [0.15, 0.2) is 58.0 Å². The van der Waals surface area contributed by atoms with Crippen LogP contribution >= 0.6 is 27.3 Å². The van der Waals surface area contributed by atoms with Crippen molar-refractivity contribution in [1.29, 1.82) is 0 Å². The lowest BCUT2D eigenvalue weighted by atomic mass is 10.3. The molecule has 0 saturated carbocycles. The van der Waals surface area contributed by atoms with Crippen LogP contribution in [-0.2, 0) is 11.3 Å². The maximum atomic E-state index is 12.2. The Morgan fingerprint density at radius 1 is 1.25 bits per heavy atom. The van der Waals surface area contributed by atoms with Gasteiger partial charge in [-0.3, -0.25) is 4.79 Å². The Balaban J connectivity index is 1.88. The number of ether oxygens (including phenoxy) is 1. The van der Waals surface area contributed by atoms with Crippen molar-refractivity contribution in [2.75, 3.05) is 6.61 Å². The molecule has 0 aliphatic heterocycles. The lowest BCUT2D eigenvalue weighted by molar-refractivity contribution is -0.120. The van der Waals surface area contributed by atoms with Crippen molar-refractivity contribution in [3.8, 4) is 5.75 Å². The molecule has 0 radical (unpaired) electrons. The third kappa shape index (κ3) is 3.94. The van der Waals surface area contributed by atoms with Crippen molar-refractivity contribution < 1.29 is 9.53 Å². The zero-order valence-corrected chi connectivity index (χ0v) is 15.6. The van der Waals surface area contributed by atoms with E-state index in [0.29, 0.717) is 10.6 Å². The second-order valence-electron chi connectivity index (χ2n) is 5.26. The van der Waals surface area contributed by atoms with E-state index in [1.807, 2.05) is 36.4 Å². The second kappa shape index (κ2) is 7.77. The van der Waals surface area contributed by atoms with Crippen LogP contribution in [0.1, 0.15) is 13.3 Å². The van der Waals surface area contributed by atoms with Gasteiger partial charge in [-0.05, 0) is 36.8 Å². The van der Waals surface area contributed by atoms with E-state index in [0.717, 1.165) is 27.7 Å². The summed E-state index contributed by atoms with van der Waals surface area (Å²) in [5.41, 5.74) is 1.10. The van der Waals surface area contributed by atoms with Crippen LogP contribution in [0.5, 0.6) is 5.75 Å². The summed E-state index contributed by atoms with van der Waals surface area (Å²) in [7, 11) is 0. The Hall–Kier alpha value is -1.92. The number of carbonyl (C=O) groups excluding carboxylic acids is 1. The first-order valence-electron chi connectivity index (χ1n) is 7.71. The summed E-state index contributed by atoms with van der Waals surface area (Å²) in [6, 6.07) is 15.4. The molecule has 1 heterocycles. The first-order valence-corrected chi connectivity index (χ1v) is 9.32. The molecule has 3 rings (SSSR count). The molecule has 1 amide bonds. The predicted molar refractivity (Wildman–Crippen MR) is 100 cm³/mol. The van der Waals surface area contributed by atoms with Gasteiger partial charge in [0.1, 0.15) is 5.75 Å². The molecule has 0 fully saturated rings. The highest BCUT2D eigenvalue weighted by atomic mass is 79.9. The number of aryl methyl sites for hydroxylation is 1. The summed E-state index contributed by atoms with van der Waals surface area (Å²) in [4.78, 5) is 17.2. The first-order chi connectivity index (χ1) is 11.7. The van der Waals surface area contributed by atoms with E-state index in [-0.39, 0.29) is 12.5 Å². The van der Waals surface area contributed by atoms with E-state index in [4.69, 9.17) is 4.74 Å². The number of para-hydroxylation sites is 1. The number of thiazole rings is 1. The lowest BCUT2D eigenvalue weighted by Gasteiger charge is -2.03. The minimum atomic E-state index is -0.283. The summed E-state index contributed by atoms with van der Waals surface area (Å²) >= 11 is 5.00. The standard InChI is InChI=1S/C18H17BrN2O2S/c1-2-10-21-15-9-8-13(19)11-16(15)24-18(21)20-17(22)12-23-14-6-4-3-5-7-14/h3-9,11H,2,10,12H2,1H3. The van der Waals surface area contributed by atoms with Gasteiger partial charge in [0, 0.05) is 11.0 Å². The molecule has 4 nitrogen and oxygen atoms in total. The van der Waals surface area contributed by atoms with Crippen LogP contribution in [0.25, 0.3) is 10.2 Å². The van der Waals surface area contributed by atoms with Gasteiger partial charge in [-0.1, -0.05) is 52.4 Å². The summed E-state index contributed by atoms with van der Waals surface area (Å²) < 4.78 is 9.69. The Labute approximate surface area is 152 Å². The number of hydrogen-bond acceptors (Lipinski definition) is 3. The molecule has 0 N–H and O–H groups in total. The van der Waals surface area contributed by atoms with Gasteiger partial charge in [0.15, 0.2) is 11.4 Å². The number of rotatable bonds is 5. The Morgan fingerprint density at radius 2 is 2.04 bits per heavy atom. The normalized spacial score (nSPS) is 11.8. The second-order valence-corrected chi connectivity index (χ2v) is 7.18. The number of nitrogens with zero attached hydrogens (tertiary/aromatic N) is 2. The Kier molecular flexibility index (Phi) is 5.48. The molecule has 124 valence electrons. The summed E-state index contributed by atoms with van der Waals surface area (Å²) in [6.45, 7) is 2.88. The zero-order chi connectivity index (χ0) is 16.9. The number of amides is 1. The maximum Gasteiger partial charge on any atom is 0.286 e. The molecule has 0 aliphatic carbocycles. The monoisotopic (exact) mass is 404 g/mol. The van der Waals surface area contributed by atoms with Crippen LogP contribution in [-0.4, -0.2) is 17.1 Å². The van der Waals surface area contributed by atoms with Crippen molar-refractivity contribution in [3.63, 3.8) is 0 Å². The molecule has 0 spiro atoms. The fraction of sp³-hybridized carbons (Fsp3) is 0.222. The number of halogens is 1. The van der Waals surface area contributed by atoms with Crippen molar-refractivity contribution in [2.24, 2.45) is 4.99 Å². The minimum Gasteiger partial charge on any atom is -0.484 e. The maximum absolute atomic E-state index is 12.2. The molecule has 3 aromatic rings. The topological polar surface area (TPSA) is 43.6 Å². The average molecular weight is 405 g/mol. The fourth-order valence-electron chi connectivity index (χ4n) is 2.37. The number of hydrogen-bond donors (Lipinski definition) is 0. The van der Waals surface area contributed by atoms with Gasteiger partial charge in [0.05, 0.1) is 10.2 Å². The molecule has 0 atom stereocenters. The van der Waals surface area contributed by atoms with Crippen LogP contribution in [0.3, 0.4) is 0 Å². The van der Waals surface area contributed by atoms with E-state index >= 15 is 0 Å². The third-order valence-corrected chi connectivity index (χ3v) is 4.95. The highest BCUT2D eigenvalue weighted by Gasteiger charge is 2.08. The zero-order valence-electron chi connectivity index (χ0n) is 13.2. The van der Waals surface area contributed by atoms with Gasteiger partial charge in [-0.2, -0.15) is 4.99 Å². The Morgan fingerprint density at radius 3 is 2.79 bits per heavy atom. The van der Waals surface area contributed by atoms with Gasteiger partial charge in [-0.15, -0.1) is 0 Å². The highest BCUT2D eigenvalue weighted by Crippen LogP contribution is 2.22. The smallest absolute Gasteiger partial charge is 0.286 e. The van der Waals surface area contributed by atoms with Crippen molar-refractivity contribution in [1.82, 2.24) is 4.57 Å². The number of benzene rings is 2. The largest absolute Gasteiger partial charge is 0.484 e. The van der Waals surface area contributed by atoms with Gasteiger partial charge in [0.2, 0.25) is 0 Å². The molecule has 0 aliphatic rings. The molecule has 1 aromatic heterocycles. The van der Waals surface area contributed by atoms with Gasteiger partial charge >= 0.3 is 0 Å². The summed E-state index contributed by atoms with van der Waals surface area (Å²) in [6.07, 6.45) is 0.976. The van der Waals surface area contributed by atoms with Gasteiger partial charge in [0.25, 0.3) is 5.91 Å². The molecule has 0 saturated heterocycles. The quantitative estimate of drug-likeness (QED) is 0.632. The van der Waals surface area contributed by atoms with Crippen LogP contribution < -0.4 is 9.54 Å². The van der Waals surface area contributed by atoms with Crippen LogP contribution in [0.2, 0.25) is 0 Å². The van der Waals surface area contributed by atoms with E-state index in [2.05, 4.69) is 44.5 Å². The molecule has 0 unspecified atom stereocenters. The molecular weight excluding hydrogens is 388 g/mol. The van der Waals surface area contributed by atoms with Gasteiger partial charge in [-0.25, -0.2) is 0 Å². The summed E-state index contributed by atoms with van der Waals surface area (Å²) in [5.74, 6) is 0.386. The van der Waals surface area contributed by atoms with Crippen molar-refractivity contribution in [3.05, 3.63) is 57.8 Å². The van der Waals surface area contributed by atoms with E-state index < -0.39 is 0 Å². The van der Waals surface area contributed by atoms with Crippen LogP contribution in [0.4, 0.5) is 0 Å². The van der Waals surface area contributed by atoms with E-state index in [1.54, 1.807) is 0 Å². The molecular formula is C18H17BrN2O2S. The van der Waals surface area contributed by atoms with E-state index in [1.165, 1.54) is 11.3 Å². The molecule has 2 aromatic carbocycles. The molecule has 6 heteroatoms. The fourth-order valence-corrected chi connectivity index (χ4v) is 4.00. The first kappa shape index (κ1) is 16.9. The molecule has 24 heavy (non-hydrogen) atoms. The minimum absolute atomic E-state index is 0.0614. The predicted octanol–water partition coefficient (Wildman–Crippen LogP) is 4.38. The van der Waals surface area contributed by atoms with Crippen molar-refractivity contribution >= 4 is 43.4 Å². The van der Waals surface area contributed by atoms with Crippen molar-refractivity contribution in [2.45, 2.75) is 19.9 Å². The molecule has 0 bridgehead atoms. The number of aromatic nitrogens is 1. The van der Waals surface area contributed by atoms with E-state index in [9.17, 15) is 4.79 Å². The van der Waals surface area contributed by atoms with Gasteiger partial charge < -0.3 is 9.30 Å². The summed E-state index contributed by atoms with van der Waals surface area (Å²) in [5, 5.41) is 0. The number of carbonyl (C=O) groups is 1. The lowest BCUT2D eigenvalue weighted by Crippen LogP contribution is -2.19. The third-order valence-electron chi connectivity index (χ3n) is 3.42. The average Bonchev–Trinajstić information content (AvgIpc) is 2.91.